The van der Waals surface area contributed by atoms with Crippen LogP contribution in [0.25, 0.3) is 0 Å². The molecule has 24 heavy (non-hydrogen) atoms. The van der Waals surface area contributed by atoms with E-state index in [4.69, 9.17) is 16.3 Å². The van der Waals surface area contributed by atoms with Crippen molar-refractivity contribution < 1.29 is 14.3 Å². The van der Waals surface area contributed by atoms with Crippen LogP contribution in [-0.2, 0) is 9.53 Å². The van der Waals surface area contributed by atoms with Gasteiger partial charge in [-0.3, -0.25) is 4.79 Å². The monoisotopic (exact) mass is 351 g/mol. The van der Waals surface area contributed by atoms with Crippen molar-refractivity contribution in [2.24, 2.45) is 0 Å². The van der Waals surface area contributed by atoms with Crippen molar-refractivity contribution in [1.82, 2.24) is 9.80 Å². The fourth-order valence-corrected chi connectivity index (χ4v) is 3.16. The lowest BCUT2D eigenvalue weighted by atomic mass is 10.2. The zero-order valence-corrected chi connectivity index (χ0v) is 14.5. The minimum Gasteiger partial charge on any atom is -0.368 e. The maximum Gasteiger partial charge on any atom is 0.321 e. The Morgan fingerprint density at radius 3 is 2.54 bits per heavy atom. The highest BCUT2D eigenvalue weighted by Gasteiger charge is 2.31. The summed E-state index contributed by atoms with van der Waals surface area (Å²) in [4.78, 5) is 28.2. The van der Waals surface area contributed by atoms with Crippen molar-refractivity contribution in [2.75, 3.05) is 38.1 Å². The number of benzene rings is 1. The lowest BCUT2D eigenvalue weighted by Gasteiger charge is -2.35. The SMILES string of the molecule is Cc1ccc(NC(=O)N2CCN(C(=O)C3CCCO3)CC2)cc1Cl. The van der Waals surface area contributed by atoms with E-state index < -0.39 is 0 Å². The van der Waals surface area contributed by atoms with Crippen molar-refractivity contribution >= 4 is 29.2 Å². The van der Waals surface area contributed by atoms with Gasteiger partial charge in [0.1, 0.15) is 6.10 Å². The summed E-state index contributed by atoms with van der Waals surface area (Å²) >= 11 is 6.08. The molecular weight excluding hydrogens is 330 g/mol. The molecule has 1 aromatic rings. The molecule has 6 nitrogen and oxygen atoms in total. The Labute approximate surface area is 146 Å². The van der Waals surface area contributed by atoms with Crippen LogP contribution in [0.5, 0.6) is 0 Å². The quantitative estimate of drug-likeness (QED) is 0.890. The number of anilines is 1. The van der Waals surface area contributed by atoms with Gasteiger partial charge < -0.3 is 19.9 Å². The number of piperazine rings is 1. The zero-order valence-electron chi connectivity index (χ0n) is 13.8. The molecule has 2 aliphatic heterocycles. The molecular formula is C17H22ClN3O3. The van der Waals surface area contributed by atoms with E-state index in [1.54, 1.807) is 15.9 Å². The summed E-state index contributed by atoms with van der Waals surface area (Å²) in [5.74, 6) is 0.0536. The third-order valence-electron chi connectivity index (χ3n) is 4.51. The van der Waals surface area contributed by atoms with Crippen LogP contribution >= 0.6 is 11.6 Å². The number of nitrogens with one attached hydrogen (secondary N) is 1. The van der Waals surface area contributed by atoms with Crippen LogP contribution < -0.4 is 5.32 Å². The van der Waals surface area contributed by atoms with Crippen LogP contribution in [0.15, 0.2) is 18.2 Å². The molecule has 130 valence electrons. The van der Waals surface area contributed by atoms with Crippen molar-refractivity contribution in [3.8, 4) is 0 Å². The average Bonchev–Trinajstić information content (AvgIpc) is 3.12. The molecule has 0 radical (unpaired) electrons. The average molecular weight is 352 g/mol. The highest BCUT2D eigenvalue weighted by molar-refractivity contribution is 6.31. The second-order valence-electron chi connectivity index (χ2n) is 6.21. The van der Waals surface area contributed by atoms with Gasteiger partial charge in [0.25, 0.3) is 5.91 Å². The molecule has 2 fully saturated rings. The molecule has 0 spiro atoms. The van der Waals surface area contributed by atoms with Gasteiger partial charge in [0.15, 0.2) is 0 Å². The molecule has 0 aliphatic carbocycles. The largest absolute Gasteiger partial charge is 0.368 e. The van der Waals surface area contributed by atoms with E-state index in [0.717, 1.165) is 18.4 Å². The van der Waals surface area contributed by atoms with Gasteiger partial charge in [-0.05, 0) is 37.5 Å². The van der Waals surface area contributed by atoms with Crippen LogP contribution in [0.1, 0.15) is 18.4 Å². The molecule has 7 heteroatoms. The number of carbonyl (C=O) groups is 2. The fourth-order valence-electron chi connectivity index (χ4n) is 2.98. The molecule has 1 unspecified atom stereocenters. The minimum atomic E-state index is -0.292. The first-order valence-corrected chi connectivity index (χ1v) is 8.65. The van der Waals surface area contributed by atoms with Crippen molar-refractivity contribution in [3.05, 3.63) is 28.8 Å². The summed E-state index contributed by atoms with van der Waals surface area (Å²) in [6, 6.07) is 5.28. The topological polar surface area (TPSA) is 61.9 Å². The molecule has 1 atom stereocenters. The zero-order chi connectivity index (χ0) is 17.1. The fraction of sp³-hybridized carbons (Fsp3) is 0.529. The maximum atomic E-state index is 12.3. The van der Waals surface area contributed by atoms with Gasteiger partial charge in [-0.15, -0.1) is 0 Å². The number of ether oxygens (including phenoxy) is 1. The number of hydrogen-bond donors (Lipinski definition) is 1. The summed E-state index contributed by atoms with van der Waals surface area (Å²) in [6.07, 6.45) is 1.45. The Kier molecular flexibility index (Phi) is 5.26. The van der Waals surface area contributed by atoms with Gasteiger partial charge in [0.05, 0.1) is 0 Å². The normalized spacial score (nSPS) is 21.0. The predicted molar refractivity (Wildman–Crippen MR) is 92.3 cm³/mol. The van der Waals surface area contributed by atoms with Gasteiger partial charge in [0, 0.05) is 43.5 Å². The number of amides is 3. The minimum absolute atomic E-state index is 0.0536. The Morgan fingerprint density at radius 2 is 1.92 bits per heavy atom. The Balaban J connectivity index is 1.51. The second-order valence-corrected chi connectivity index (χ2v) is 6.62. The first kappa shape index (κ1) is 17.0. The Hall–Kier alpha value is -1.79. The van der Waals surface area contributed by atoms with E-state index in [9.17, 15) is 9.59 Å². The lowest BCUT2D eigenvalue weighted by molar-refractivity contribution is -0.142. The van der Waals surface area contributed by atoms with Gasteiger partial charge in [-0.2, -0.15) is 0 Å². The number of halogens is 1. The van der Waals surface area contributed by atoms with Gasteiger partial charge >= 0.3 is 6.03 Å². The highest BCUT2D eigenvalue weighted by atomic mass is 35.5. The molecule has 0 aromatic heterocycles. The molecule has 2 saturated heterocycles. The van der Waals surface area contributed by atoms with E-state index in [2.05, 4.69) is 5.32 Å². The van der Waals surface area contributed by atoms with E-state index in [1.807, 2.05) is 19.1 Å². The van der Waals surface area contributed by atoms with Crippen molar-refractivity contribution in [3.63, 3.8) is 0 Å². The van der Waals surface area contributed by atoms with Crippen LogP contribution in [-0.4, -0.2) is 60.6 Å². The molecule has 1 aromatic carbocycles. The molecule has 0 bridgehead atoms. The third-order valence-corrected chi connectivity index (χ3v) is 4.91. The first-order valence-electron chi connectivity index (χ1n) is 8.27. The third kappa shape index (κ3) is 3.82. The van der Waals surface area contributed by atoms with Gasteiger partial charge in [-0.25, -0.2) is 4.79 Å². The second kappa shape index (κ2) is 7.40. The standard InChI is InChI=1S/C17H22ClN3O3/c1-12-4-5-13(11-14(12)18)19-17(23)21-8-6-20(7-9-21)16(22)15-3-2-10-24-15/h4-5,11,15H,2-3,6-10H2,1H3,(H,19,23). The molecule has 3 amide bonds. The number of urea groups is 1. The molecule has 2 heterocycles. The summed E-state index contributed by atoms with van der Waals surface area (Å²) < 4.78 is 5.45. The molecule has 3 rings (SSSR count). The number of aryl methyl sites for hydroxylation is 1. The summed E-state index contributed by atoms with van der Waals surface area (Å²) in [5.41, 5.74) is 1.64. The van der Waals surface area contributed by atoms with Crippen LogP contribution in [0.2, 0.25) is 5.02 Å². The summed E-state index contributed by atoms with van der Waals surface area (Å²) in [7, 11) is 0. The van der Waals surface area contributed by atoms with Crippen molar-refractivity contribution in [2.45, 2.75) is 25.9 Å². The Bertz CT molecular complexity index is 624. The van der Waals surface area contributed by atoms with Crippen LogP contribution in [0.3, 0.4) is 0 Å². The van der Waals surface area contributed by atoms with Gasteiger partial charge in [-0.1, -0.05) is 17.7 Å². The molecule has 2 aliphatic rings. The van der Waals surface area contributed by atoms with Gasteiger partial charge in [0.2, 0.25) is 0 Å². The summed E-state index contributed by atoms with van der Waals surface area (Å²) in [6.45, 7) is 4.70. The van der Waals surface area contributed by atoms with E-state index >= 15 is 0 Å². The number of nitrogens with zero attached hydrogens (tertiary/aromatic N) is 2. The first-order chi connectivity index (χ1) is 11.5. The number of rotatable bonds is 2. The summed E-state index contributed by atoms with van der Waals surface area (Å²) in [5, 5.41) is 3.48. The Morgan fingerprint density at radius 1 is 1.21 bits per heavy atom. The van der Waals surface area contributed by atoms with E-state index in [0.29, 0.717) is 43.5 Å². The van der Waals surface area contributed by atoms with Crippen molar-refractivity contribution in [1.29, 1.82) is 0 Å². The lowest BCUT2D eigenvalue weighted by Crippen LogP contribution is -2.53. The maximum absolute atomic E-state index is 12.3. The highest BCUT2D eigenvalue weighted by Crippen LogP contribution is 2.21. The molecule has 0 saturated carbocycles. The van der Waals surface area contributed by atoms with Crippen LogP contribution in [0, 0.1) is 6.92 Å². The number of carbonyl (C=O) groups excluding carboxylic acids is 2. The van der Waals surface area contributed by atoms with E-state index in [1.165, 1.54) is 0 Å². The number of hydrogen-bond acceptors (Lipinski definition) is 3. The predicted octanol–water partition coefficient (Wildman–Crippen LogP) is 2.50. The molecule has 1 N–H and O–H groups in total. The van der Waals surface area contributed by atoms with Crippen LogP contribution in [0.4, 0.5) is 10.5 Å². The van der Waals surface area contributed by atoms with E-state index in [-0.39, 0.29) is 18.0 Å². The smallest absolute Gasteiger partial charge is 0.321 e.